The summed E-state index contributed by atoms with van der Waals surface area (Å²) in [5.41, 5.74) is 5.58. The number of anilines is 1. The summed E-state index contributed by atoms with van der Waals surface area (Å²) < 4.78 is 6.13. The fraction of sp³-hybridized carbons (Fsp3) is 0.250. The van der Waals surface area contributed by atoms with Crippen LogP contribution in [0, 0.1) is 5.92 Å². The maximum Gasteiger partial charge on any atom is 0.128 e. The summed E-state index contributed by atoms with van der Waals surface area (Å²) in [6, 6.07) is 7.13. The molecule has 0 saturated carbocycles. The van der Waals surface area contributed by atoms with Crippen molar-refractivity contribution in [1.82, 2.24) is 0 Å². The zero-order valence-corrected chi connectivity index (χ0v) is 14.6. The Morgan fingerprint density at radius 1 is 0.923 bits per heavy atom. The van der Waals surface area contributed by atoms with Crippen LogP contribution in [0.1, 0.15) is 24.3 Å². The lowest BCUT2D eigenvalue weighted by atomic mass is 9.87. The van der Waals surface area contributed by atoms with Gasteiger partial charge in [0.25, 0.3) is 0 Å². The third-order valence-corrected chi connectivity index (χ3v) is 6.23. The molecule has 1 aromatic rings. The number of hydrogen-bond acceptors (Lipinski definition) is 2. The summed E-state index contributed by atoms with van der Waals surface area (Å²) in [5.74, 6) is 1.88. The van der Waals surface area contributed by atoms with Gasteiger partial charge in [-0.1, -0.05) is 48.6 Å². The van der Waals surface area contributed by atoms with Crippen molar-refractivity contribution in [2.75, 3.05) is 4.90 Å². The highest BCUT2D eigenvalue weighted by molar-refractivity contribution is 5.67. The lowest BCUT2D eigenvalue weighted by Crippen LogP contribution is -2.32. The van der Waals surface area contributed by atoms with E-state index in [1.54, 1.807) is 5.57 Å². The maximum absolute atomic E-state index is 6.13. The molecule has 5 aliphatic rings. The number of benzene rings is 1. The van der Waals surface area contributed by atoms with Crippen LogP contribution in [0.15, 0.2) is 90.2 Å². The Hall–Kier alpha value is -2.74. The molecule has 0 bridgehead atoms. The smallest absolute Gasteiger partial charge is 0.128 e. The molecule has 0 saturated heterocycles. The Morgan fingerprint density at radius 2 is 1.77 bits per heavy atom. The largest absolute Gasteiger partial charge is 0.485 e. The van der Waals surface area contributed by atoms with Crippen molar-refractivity contribution >= 4 is 5.69 Å². The van der Waals surface area contributed by atoms with E-state index in [2.05, 4.69) is 83.9 Å². The first-order valence-corrected chi connectivity index (χ1v) is 9.59. The molecule has 0 N–H and O–H groups in total. The van der Waals surface area contributed by atoms with Gasteiger partial charge in [-0.05, 0) is 48.8 Å². The fourth-order valence-corrected chi connectivity index (χ4v) is 5.06. The van der Waals surface area contributed by atoms with Crippen molar-refractivity contribution in [1.29, 1.82) is 0 Å². The van der Waals surface area contributed by atoms with Gasteiger partial charge in [-0.3, -0.25) is 0 Å². The molecular formula is C24H21NO. The van der Waals surface area contributed by atoms with E-state index in [1.165, 1.54) is 23.4 Å². The highest BCUT2D eigenvalue weighted by Gasteiger charge is 2.40. The van der Waals surface area contributed by atoms with E-state index >= 15 is 0 Å². The van der Waals surface area contributed by atoms with Crippen LogP contribution in [0.4, 0.5) is 5.69 Å². The van der Waals surface area contributed by atoms with Crippen molar-refractivity contribution in [2.24, 2.45) is 5.92 Å². The summed E-state index contributed by atoms with van der Waals surface area (Å²) in [4.78, 5) is 2.53. The van der Waals surface area contributed by atoms with Gasteiger partial charge in [0.1, 0.15) is 11.9 Å². The van der Waals surface area contributed by atoms with Gasteiger partial charge in [0.05, 0.1) is 6.04 Å². The molecule has 0 fully saturated rings. The fourth-order valence-electron chi connectivity index (χ4n) is 5.06. The van der Waals surface area contributed by atoms with E-state index < -0.39 is 0 Å². The average Bonchev–Trinajstić information content (AvgIpc) is 3.23. The first-order chi connectivity index (χ1) is 12.9. The minimum Gasteiger partial charge on any atom is -0.485 e. The normalized spacial score (nSPS) is 32.4. The summed E-state index contributed by atoms with van der Waals surface area (Å²) in [5, 5.41) is 0. The van der Waals surface area contributed by atoms with Crippen LogP contribution < -0.4 is 9.64 Å². The number of fused-ring (bicyclic) bond motifs is 5. The van der Waals surface area contributed by atoms with Crippen molar-refractivity contribution in [3.63, 3.8) is 0 Å². The maximum atomic E-state index is 6.13. The number of nitrogens with zero attached hydrogens (tertiary/aromatic N) is 1. The monoisotopic (exact) mass is 339 g/mol. The third-order valence-electron chi connectivity index (χ3n) is 6.23. The standard InChI is InChI=1S/C24H21NO/c1-4-10-21-17(7-1)18-8-2-5-11-22(18)25(21)16-13-14-24-20(15-16)19-9-3-6-12-23(19)26-24/h1,3-7,9-15,17,19,21,23H,2,8H2. The van der Waals surface area contributed by atoms with E-state index in [1.807, 2.05) is 0 Å². The molecule has 6 rings (SSSR count). The highest BCUT2D eigenvalue weighted by atomic mass is 16.5. The molecule has 0 amide bonds. The van der Waals surface area contributed by atoms with Gasteiger partial charge in [0, 0.05) is 28.8 Å². The Bertz CT molecular complexity index is 958. The predicted molar refractivity (Wildman–Crippen MR) is 105 cm³/mol. The molecule has 2 nitrogen and oxygen atoms in total. The first kappa shape index (κ1) is 14.4. The number of hydrogen-bond donors (Lipinski definition) is 0. The summed E-state index contributed by atoms with van der Waals surface area (Å²) in [7, 11) is 0. The predicted octanol–water partition coefficient (Wildman–Crippen LogP) is 5.19. The summed E-state index contributed by atoms with van der Waals surface area (Å²) in [6.45, 7) is 0. The van der Waals surface area contributed by atoms with Crippen LogP contribution in [-0.4, -0.2) is 12.1 Å². The summed E-state index contributed by atoms with van der Waals surface area (Å²) in [6.07, 6.45) is 24.9. The topological polar surface area (TPSA) is 12.5 Å². The van der Waals surface area contributed by atoms with Gasteiger partial charge in [-0.2, -0.15) is 0 Å². The van der Waals surface area contributed by atoms with E-state index in [0.29, 0.717) is 17.9 Å². The minimum atomic E-state index is 0.151. The number of ether oxygens (including phenoxy) is 1. The lowest BCUT2D eigenvalue weighted by molar-refractivity contribution is 0.269. The van der Waals surface area contributed by atoms with E-state index in [4.69, 9.17) is 4.74 Å². The van der Waals surface area contributed by atoms with Gasteiger partial charge in [0.2, 0.25) is 0 Å². The average molecular weight is 339 g/mol. The van der Waals surface area contributed by atoms with Crippen LogP contribution in [0.25, 0.3) is 0 Å². The Balaban J connectivity index is 1.46. The molecule has 2 heteroatoms. The van der Waals surface area contributed by atoms with Gasteiger partial charge < -0.3 is 9.64 Å². The van der Waals surface area contributed by atoms with Crippen molar-refractivity contribution in [3.8, 4) is 5.75 Å². The van der Waals surface area contributed by atoms with Gasteiger partial charge in [0.15, 0.2) is 0 Å². The molecule has 128 valence electrons. The zero-order valence-electron chi connectivity index (χ0n) is 14.6. The second kappa shape index (κ2) is 5.38. The first-order valence-electron chi connectivity index (χ1n) is 9.59. The summed E-state index contributed by atoms with van der Waals surface area (Å²) >= 11 is 0. The molecule has 2 aliphatic heterocycles. The molecule has 2 heterocycles. The molecule has 3 aliphatic carbocycles. The van der Waals surface area contributed by atoms with Gasteiger partial charge in [-0.25, -0.2) is 0 Å². The number of allylic oxidation sites excluding steroid dienone is 6. The molecule has 26 heavy (non-hydrogen) atoms. The third kappa shape index (κ3) is 1.93. The van der Waals surface area contributed by atoms with Crippen molar-refractivity contribution in [3.05, 3.63) is 95.8 Å². The molecular weight excluding hydrogens is 318 g/mol. The molecule has 0 aromatic heterocycles. The molecule has 4 atom stereocenters. The van der Waals surface area contributed by atoms with Crippen LogP contribution >= 0.6 is 0 Å². The van der Waals surface area contributed by atoms with Crippen LogP contribution in [0.3, 0.4) is 0 Å². The lowest BCUT2D eigenvalue weighted by Gasteiger charge is -2.30. The highest BCUT2D eigenvalue weighted by Crippen LogP contribution is 2.48. The van der Waals surface area contributed by atoms with Crippen LogP contribution in [-0.2, 0) is 0 Å². The Kier molecular flexibility index (Phi) is 2.98. The van der Waals surface area contributed by atoms with Crippen molar-refractivity contribution in [2.45, 2.75) is 30.9 Å². The molecule has 0 spiro atoms. The Morgan fingerprint density at radius 3 is 2.73 bits per heavy atom. The van der Waals surface area contributed by atoms with Crippen molar-refractivity contribution < 1.29 is 4.74 Å². The molecule has 0 radical (unpaired) electrons. The van der Waals surface area contributed by atoms with E-state index in [9.17, 15) is 0 Å². The molecule has 4 unspecified atom stereocenters. The molecule has 1 aromatic carbocycles. The van der Waals surface area contributed by atoms with Gasteiger partial charge in [-0.15, -0.1) is 0 Å². The second-order valence-corrected chi connectivity index (χ2v) is 7.61. The minimum absolute atomic E-state index is 0.151. The van der Waals surface area contributed by atoms with E-state index in [0.717, 1.165) is 12.2 Å². The zero-order chi connectivity index (χ0) is 17.1. The quantitative estimate of drug-likeness (QED) is 0.698. The Labute approximate surface area is 154 Å². The SMILES string of the molecule is C1=CC2Oc3ccc(N4C5=C(CCC=C5)C5C=CC=CC54)cc3C2C=C1. The van der Waals surface area contributed by atoms with Crippen LogP contribution in [0.5, 0.6) is 5.75 Å². The number of rotatable bonds is 1. The van der Waals surface area contributed by atoms with E-state index in [-0.39, 0.29) is 6.10 Å². The van der Waals surface area contributed by atoms with Crippen LogP contribution in [0.2, 0.25) is 0 Å². The second-order valence-electron chi connectivity index (χ2n) is 7.61. The van der Waals surface area contributed by atoms with Gasteiger partial charge >= 0.3 is 0 Å².